The number of nitrogens with two attached hydrogens (primary N) is 1. The average Bonchev–Trinajstić information content (AvgIpc) is 2.22. The van der Waals surface area contributed by atoms with Crippen LogP contribution in [-0.4, -0.2) is 37.3 Å². The Hall–Kier alpha value is -1.07. The van der Waals surface area contributed by atoms with Gasteiger partial charge in [0.25, 0.3) is 0 Å². The maximum absolute atomic E-state index is 5.74. The van der Waals surface area contributed by atoms with Crippen LogP contribution >= 0.6 is 11.6 Å². The molecule has 0 aromatic carbocycles. The summed E-state index contributed by atoms with van der Waals surface area (Å²) in [5.41, 5.74) is 6.27. The highest BCUT2D eigenvalue weighted by atomic mass is 35.5. The van der Waals surface area contributed by atoms with E-state index in [1.54, 1.807) is 7.11 Å². The van der Waals surface area contributed by atoms with Crippen molar-refractivity contribution in [3.05, 3.63) is 11.5 Å². The third-order valence-electron chi connectivity index (χ3n) is 1.97. The molecule has 5 nitrogen and oxygen atoms in total. The highest BCUT2D eigenvalue weighted by molar-refractivity contribution is 6.28. The smallest absolute Gasteiger partial charge is 0.224 e. The summed E-state index contributed by atoms with van der Waals surface area (Å²) in [5, 5.41) is 0.206. The predicted octanol–water partition coefficient (Wildman–Crippen LogP) is 1.18. The number of ether oxygens (including phenoxy) is 1. The van der Waals surface area contributed by atoms with Gasteiger partial charge < -0.3 is 15.4 Å². The zero-order valence-corrected chi connectivity index (χ0v) is 9.66. The van der Waals surface area contributed by atoms with Gasteiger partial charge in [-0.3, -0.25) is 0 Å². The van der Waals surface area contributed by atoms with Gasteiger partial charge in [-0.1, -0.05) is 0 Å². The Labute approximate surface area is 94.2 Å². The lowest BCUT2D eigenvalue weighted by Crippen LogP contribution is -2.22. The molecule has 0 atom stereocenters. The van der Waals surface area contributed by atoms with Crippen LogP contribution in [0.2, 0.25) is 5.28 Å². The molecule has 0 saturated carbocycles. The molecule has 1 aromatic heterocycles. The van der Waals surface area contributed by atoms with Crippen molar-refractivity contribution in [3.8, 4) is 0 Å². The molecule has 0 fully saturated rings. The molecule has 6 heteroatoms. The summed E-state index contributed by atoms with van der Waals surface area (Å²) in [5.74, 6) is 0.658. The molecular weight excluding hydrogens is 216 g/mol. The van der Waals surface area contributed by atoms with E-state index in [4.69, 9.17) is 22.1 Å². The van der Waals surface area contributed by atoms with Gasteiger partial charge in [-0.25, -0.2) is 4.98 Å². The quantitative estimate of drug-likeness (QED) is 0.608. The van der Waals surface area contributed by atoms with Gasteiger partial charge in [0.1, 0.15) is 0 Å². The van der Waals surface area contributed by atoms with Gasteiger partial charge in [0.05, 0.1) is 11.9 Å². The van der Waals surface area contributed by atoms with E-state index >= 15 is 0 Å². The molecule has 0 aliphatic heterocycles. The van der Waals surface area contributed by atoms with Gasteiger partial charge >= 0.3 is 0 Å². The van der Waals surface area contributed by atoms with Gasteiger partial charge in [-0.2, -0.15) is 4.98 Å². The predicted molar refractivity (Wildman–Crippen MR) is 61.2 cm³/mol. The van der Waals surface area contributed by atoms with Crippen LogP contribution in [0.15, 0.2) is 6.20 Å². The number of rotatable bonds is 5. The van der Waals surface area contributed by atoms with E-state index in [-0.39, 0.29) is 5.28 Å². The van der Waals surface area contributed by atoms with Crippen molar-refractivity contribution < 1.29 is 4.74 Å². The molecule has 1 aromatic rings. The van der Waals surface area contributed by atoms with E-state index in [0.717, 1.165) is 13.0 Å². The molecule has 0 spiro atoms. The van der Waals surface area contributed by atoms with Crippen molar-refractivity contribution in [3.63, 3.8) is 0 Å². The molecule has 84 valence electrons. The van der Waals surface area contributed by atoms with Gasteiger partial charge in [0.2, 0.25) is 5.28 Å². The number of aromatic nitrogens is 2. The zero-order valence-electron chi connectivity index (χ0n) is 8.90. The number of nitrogens with zero attached hydrogens (tertiary/aromatic N) is 3. The van der Waals surface area contributed by atoms with Crippen molar-refractivity contribution >= 4 is 23.1 Å². The normalized spacial score (nSPS) is 10.3. The molecule has 0 radical (unpaired) electrons. The first-order valence-electron chi connectivity index (χ1n) is 4.63. The second-order valence-electron chi connectivity index (χ2n) is 3.19. The van der Waals surface area contributed by atoms with Crippen LogP contribution in [-0.2, 0) is 4.74 Å². The molecule has 0 saturated heterocycles. The van der Waals surface area contributed by atoms with Crippen LogP contribution in [0.3, 0.4) is 0 Å². The van der Waals surface area contributed by atoms with E-state index in [1.165, 1.54) is 6.20 Å². The Morgan fingerprint density at radius 3 is 3.00 bits per heavy atom. The summed E-state index contributed by atoms with van der Waals surface area (Å²) in [7, 11) is 3.58. The second kappa shape index (κ2) is 5.72. The van der Waals surface area contributed by atoms with E-state index in [0.29, 0.717) is 18.1 Å². The van der Waals surface area contributed by atoms with Gasteiger partial charge in [-0.05, 0) is 18.0 Å². The molecule has 1 heterocycles. The number of nitrogen functional groups attached to an aromatic ring is 1. The molecule has 1 rings (SSSR count). The fraction of sp³-hybridized carbons (Fsp3) is 0.556. The SMILES string of the molecule is COCCCN(C)c1nc(Cl)ncc1N. The van der Waals surface area contributed by atoms with Crippen LogP contribution in [0.5, 0.6) is 0 Å². The van der Waals surface area contributed by atoms with E-state index < -0.39 is 0 Å². The largest absolute Gasteiger partial charge is 0.394 e. The molecule has 2 N–H and O–H groups in total. The number of methoxy groups -OCH3 is 1. The maximum Gasteiger partial charge on any atom is 0.224 e. The first-order chi connectivity index (χ1) is 7.15. The lowest BCUT2D eigenvalue weighted by molar-refractivity contribution is 0.196. The minimum absolute atomic E-state index is 0.206. The van der Waals surface area contributed by atoms with Crippen LogP contribution < -0.4 is 10.6 Å². The van der Waals surface area contributed by atoms with Crippen LogP contribution in [0.1, 0.15) is 6.42 Å². The van der Waals surface area contributed by atoms with E-state index in [9.17, 15) is 0 Å². The van der Waals surface area contributed by atoms with Gasteiger partial charge in [0, 0.05) is 27.3 Å². The number of hydrogen-bond donors (Lipinski definition) is 1. The van der Waals surface area contributed by atoms with Crippen molar-refractivity contribution in [2.45, 2.75) is 6.42 Å². The Bertz CT molecular complexity index is 321. The summed E-state index contributed by atoms with van der Waals surface area (Å²) in [6.45, 7) is 1.52. The highest BCUT2D eigenvalue weighted by Crippen LogP contribution is 2.19. The summed E-state index contributed by atoms with van der Waals surface area (Å²) in [4.78, 5) is 9.79. The number of hydrogen-bond acceptors (Lipinski definition) is 5. The molecular formula is C9H15ClN4O. The lowest BCUT2D eigenvalue weighted by Gasteiger charge is -2.19. The first-order valence-corrected chi connectivity index (χ1v) is 5.01. The Morgan fingerprint density at radius 2 is 2.33 bits per heavy atom. The molecule has 15 heavy (non-hydrogen) atoms. The van der Waals surface area contributed by atoms with Crippen molar-refractivity contribution in [2.75, 3.05) is 37.9 Å². The standard InChI is InChI=1S/C9H15ClN4O/c1-14(4-3-5-15-2)8-7(11)6-12-9(10)13-8/h6H,3-5,11H2,1-2H3. The minimum atomic E-state index is 0.206. The van der Waals surface area contributed by atoms with E-state index in [2.05, 4.69) is 9.97 Å². The number of anilines is 2. The monoisotopic (exact) mass is 230 g/mol. The minimum Gasteiger partial charge on any atom is -0.394 e. The number of halogens is 1. The van der Waals surface area contributed by atoms with Gasteiger partial charge in [0.15, 0.2) is 5.82 Å². The van der Waals surface area contributed by atoms with Crippen LogP contribution in [0.25, 0.3) is 0 Å². The summed E-state index contributed by atoms with van der Waals surface area (Å²) in [6.07, 6.45) is 2.42. The topological polar surface area (TPSA) is 64.3 Å². The maximum atomic E-state index is 5.74. The van der Waals surface area contributed by atoms with Crippen LogP contribution in [0.4, 0.5) is 11.5 Å². The molecule has 0 unspecified atom stereocenters. The molecule has 0 bridgehead atoms. The molecule has 0 aliphatic carbocycles. The second-order valence-corrected chi connectivity index (χ2v) is 3.52. The van der Waals surface area contributed by atoms with Crippen molar-refractivity contribution in [1.82, 2.24) is 9.97 Å². The molecule has 0 aliphatic rings. The summed E-state index contributed by atoms with van der Waals surface area (Å²) >= 11 is 5.69. The lowest BCUT2D eigenvalue weighted by atomic mass is 10.4. The fourth-order valence-corrected chi connectivity index (χ4v) is 1.35. The highest BCUT2D eigenvalue weighted by Gasteiger charge is 2.08. The third kappa shape index (κ3) is 3.53. The van der Waals surface area contributed by atoms with Gasteiger partial charge in [-0.15, -0.1) is 0 Å². The van der Waals surface area contributed by atoms with Crippen molar-refractivity contribution in [1.29, 1.82) is 0 Å². The Balaban J connectivity index is 2.64. The Morgan fingerprint density at radius 1 is 1.60 bits per heavy atom. The average molecular weight is 231 g/mol. The summed E-state index contributed by atoms with van der Waals surface area (Å²) < 4.78 is 4.97. The van der Waals surface area contributed by atoms with Crippen molar-refractivity contribution in [2.24, 2.45) is 0 Å². The zero-order chi connectivity index (χ0) is 11.3. The Kier molecular flexibility index (Phi) is 4.58. The first kappa shape index (κ1) is 12.0. The van der Waals surface area contributed by atoms with E-state index in [1.807, 2.05) is 11.9 Å². The summed E-state index contributed by atoms with van der Waals surface area (Å²) in [6, 6.07) is 0. The molecule has 0 amide bonds. The fourth-order valence-electron chi connectivity index (χ4n) is 1.22. The van der Waals surface area contributed by atoms with Crippen LogP contribution in [0, 0.1) is 0 Å². The third-order valence-corrected chi connectivity index (χ3v) is 2.15.